The molecular formula is C19H16FN5O5S. The number of rotatable bonds is 5. The van der Waals surface area contributed by atoms with E-state index in [0.717, 1.165) is 20.7 Å². The highest BCUT2D eigenvalue weighted by molar-refractivity contribution is 7.95. The topological polar surface area (TPSA) is 119 Å². The first-order valence-corrected chi connectivity index (χ1v) is 10.3. The Kier molecular flexibility index (Phi) is 4.93. The minimum absolute atomic E-state index is 0.0382. The Morgan fingerprint density at radius 1 is 1.19 bits per heavy atom. The molecule has 0 spiro atoms. The van der Waals surface area contributed by atoms with Crippen LogP contribution in [0.4, 0.5) is 27.3 Å². The molecule has 0 atom stereocenters. The number of hydrogen-bond donors (Lipinski definition) is 0. The summed E-state index contributed by atoms with van der Waals surface area (Å²) in [7, 11) is -1.14. The van der Waals surface area contributed by atoms with Gasteiger partial charge in [-0.15, -0.1) is 0 Å². The number of nitrogens with zero attached hydrogens (tertiary/aromatic N) is 5. The lowest BCUT2D eigenvalue weighted by Gasteiger charge is -2.18. The minimum Gasteiger partial charge on any atom is -0.496 e. The van der Waals surface area contributed by atoms with Crippen molar-refractivity contribution in [3.8, 4) is 5.75 Å². The SMILES string of the molecule is COc1cc(F)c([N+](=O)[O-])cc1Cc1nccc(N2c3ccccc3N(C)S2(=O)=O)n1. The average molecular weight is 445 g/mol. The van der Waals surface area contributed by atoms with E-state index in [1.807, 2.05) is 0 Å². The summed E-state index contributed by atoms with van der Waals surface area (Å²) in [5.74, 6) is -0.643. The molecule has 0 N–H and O–H groups in total. The van der Waals surface area contributed by atoms with Crippen LogP contribution in [0, 0.1) is 15.9 Å². The van der Waals surface area contributed by atoms with E-state index in [0.29, 0.717) is 11.4 Å². The number of benzene rings is 2. The molecule has 0 unspecified atom stereocenters. The zero-order valence-electron chi connectivity index (χ0n) is 16.4. The maximum atomic E-state index is 13.9. The van der Waals surface area contributed by atoms with E-state index in [1.165, 1.54) is 26.4 Å². The summed E-state index contributed by atoms with van der Waals surface area (Å²) in [6.07, 6.45) is 1.35. The van der Waals surface area contributed by atoms with Crippen LogP contribution >= 0.6 is 0 Å². The lowest BCUT2D eigenvalue weighted by atomic mass is 10.1. The molecule has 0 bridgehead atoms. The Bertz CT molecular complexity index is 1300. The zero-order chi connectivity index (χ0) is 22.3. The van der Waals surface area contributed by atoms with Crippen molar-refractivity contribution in [1.82, 2.24) is 9.97 Å². The number of anilines is 3. The van der Waals surface area contributed by atoms with Crippen LogP contribution in [0.25, 0.3) is 0 Å². The number of halogens is 1. The van der Waals surface area contributed by atoms with E-state index < -0.39 is 26.6 Å². The van der Waals surface area contributed by atoms with Gasteiger partial charge in [-0.25, -0.2) is 14.3 Å². The van der Waals surface area contributed by atoms with Crippen molar-refractivity contribution in [2.45, 2.75) is 6.42 Å². The third-order valence-electron chi connectivity index (χ3n) is 4.81. The summed E-state index contributed by atoms with van der Waals surface area (Å²) >= 11 is 0. The van der Waals surface area contributed by atoms with Gasteiger partial charge in [0.25, 0.3) is 0 Å². The fourth-order valence-corrected chi connectivity index (χ4v) is 4.72. The predicted octanol–water partition coefficient (Wildman–Crippen LogP) is 2.96. The number of methoxy groups -OCH3 is 1. The van der Waals surface area contributed by atoms with Crippen molar-refractivity contribution in [1.29, 1.82) is 0 Å². The van der Waals surface area contributed by atoms with E-state index >= 15 is 0 Å². The highest BCUT2D eigenvalue weighted by atomic mass is 32.2. The summed E-state index contributed by atoms with van der Waals surface area (Å²) < 4.78 is 47.1. The Morgan fingerprint density at radius 2 is 1.90 bits per heavy atom. The number of aromatic nitrogens is 2. The second-order valence-corrected chi connectivity index (χ2v) is 8.42. The highest BCUT2D eigenvalue weighted by Gasteiger charge is 2.39. The van der Waals surface area contributed by atoms with E-state index in [4.69, 9.17) is 4.74 Å². The molecule has 4 rings (SSSR count). The van der Waals surface area contributed by atoms with Gasteiger partial charge in [0.05, 0.1) is 23.4 Å². The second kappa shape index (κ2) is 7.47. The molecule has 0 fully saturated rings. The number of nitro benzene ring substituents is 1. The van der Waals surface area contributed by atoms with Crippen LogP contribution in [0.2, 0.25) is 0 Å². The molecule has 2 aromatic carbocycles. The molecule has 1 aromatic heterocycles. The van der Waals surface area contributed by atoms with E-state index in [9.17, 15) is 22.9 Å². The number of nitro groups is 1. The summed E-state index contributed by atoms with van der Waals surface area (Å²) in [5.41, 5.74) is 0.516. The van der Waals surface area contributed by atoms with Crippen LogP contribution in [0.1, 0.15) is 11.4 Å². The number of para-hydroxylation sites is 2. The third-order valence-corrected chi connectivity index (χ3v) is 6.54. The fraction of sp³-hybridized carbons (Fsp3) is 0.158. The summed E-state index contributed by atoms with van der Waals surface area (Å²) in [4.78, 5) is 18.7. The Morgan fingerprint density at radius 3 is 2.58 bits per heavy atom. The van der Waals surface area contributed by atoms with Gasteiger partial charge >= 0.3 is 15.9 Å². The van der Waals surface area contributed by atoms with Gasteiger partial charge in [0, 0.05) is 43.4 Å². The number of hydrogen-bond acceptors (Lipinski definition) is 7. The first kappa shape index (κ1) is 20.5. The van der Waals surface area contributed by atoms with Crippen molar-refractivity contribution in [2.75, 3.05) is 22.8 Å². The molecule has 3 aromatic rings. The van der Waals surface area contributed by atoms with Gasteiger partial charge < -0.3 is 4.74 Å². The largest absolute Gasteiger partial charge is 0.496 e. The molecule has 0 radical (unpaired) electrons. The molecular weight excluding hydrogens is 429 g/mol. The van der Waals surface area contributed by atoms with Crippen LogP contribution in [-0.2, 0) is 16.6 Å². The molecule has 0 saturated heterocycles. The lowest BCUT2D eigenvalue weighted by Crippen LogP contribution is -2.33. The zero-order valence-corrected chi connectivity index (χ0v) is 17.2. The second-order valence-electron chi connectivity index (χ2n) is 6.61. The third kappa shape index (κ3) is 3.40. The first-order chi connectivity index (χ1) is 14.7. The van der Waals surface area contributed by atoms with Gasteiger partial charge in [0.1, 0.15) is 11.6 Å². The van der Waals surface area contributed by atoms with Crippen molar-refractivity contribution in [2.24, 2.45) is 0 Å². The molecule has 0 amide bonds. The van der Waals surface area contributed by atoms with Crippen LogP contribution in [0.3, 0.4) is 0 Å². The maximum absolute atomic E-state index is 13.9. The Balaban J connectivity index is 1.76. The van der Waals surface area contributed by atoms with Gasteiger partial charge in [0.15, 0.2) is 5.82 Å². The van der Waals surface area contributed by atoms with Gasteiger partial charge in [-0.1, -0.05) is 12.1 Å². The van der Waals surface area contributed by atoms with Crippen LogP contribution in [0.5, 0.6) is 5.75 Å². The van der Waals surface area contributed by atoms with Gasteiger partial charge in [0.2, 0.25) is 5.82 Å². The summed E-state index contributed by atoms with van der Waals surface area (Å²) in [6, 6.07) is 10.2. The lowest BCUT2D eigenvalue weighted by molar-refractivity contribution is -0.387. The standard InChI is InChI=1S/C19H16FN5O5S/c1-23-14-5-3-4-6-15(14)24(31(23,28)29)19-7-8-21-18(22-19)10-12-9-16(25(26)27)13(20)11-17(12)30-2/h3-9,11H,10H2,1-2H3. The highest BCUT2D eigenvalue weighted by Crippen LogP contribution is 2.43. The molecule has 0 aliphatic carbocycles. The number of fused-ring (bicyclic) bond motifs is 1. The molecule has 10 nitrogen and oxygen atoms in total. The van der Waals surface area contributed by atoms with E-state index in [2.05, 4.69) is 9.97 Å². The van der Waals surface area contributed by atoms with Crippen LogP contribution in [-0.4, -0.2) is 37.5 Å². The summed E-state index contributed by atoms with van der Waals surface area (Å²) in [6.45, 7) is 0. The quantitative estimate of drug-likeness (QED) is 0.437. The molecule has 2 heterocycles. The van der Waals surface area contributed by atoms with Crippen LogP contribution < -0.4 is 13.3 Å². The summed E-state index contributed by atoms with van der Waals surface area (Å²) in [5, 5.41) is 11.1. The predicted molar refractivity (Wildman–Crippen MR) is 110 cm³/mol. The minimum atomic E-state index is -3.89. The normalized spacial score (nSPS) is 14.4. The molecule has 1 aliphatic rings. The number of ether oxygens (including phenoxy) is 1. The van der Waals surface area contributed by atoms with Crippen LogP contribution in [0.15, 0.2) is 48.7 Å². The maximum Gasteiger partial charge on any atom is 0.331 e. The monoisotopic (exact) mass is 445 g/mol. The van der Waals surface area contributed by atoms with Gasteiger partial charge in [-0.05, 0) is 12.1 Å². The molecule has 12 heteroatoms. The van der Waals surface area contributed by atoms with E-state index in [-0.39, 0.29) is 29.4 Å². The molecule has 31 heavy (non-hydrogen) atoms. The Labute approximate surface area is 176 Å². The average Bonchev–Trinajstić information content (AvgIpc) is 2.94. The molecule has 160 valence electrons. The first-order valence-electron chi connectivity index (χ1n) is 8.95. The smallest absolute Gasteiger partial charge is 0.331 e. The van der Waals surface area contributed by atoms with Crippen molar-refractivity contribution < 1.29 is 22.5 Å². The van der Waals surface area contributed by atoms with Crippen molar-refractivity contribution >= 4 is 33.1 Å². The van der Waals surface area contributed by atoms with Gasteiger partial charge in [-0.3, -0.25) is 14.4 Å². The van der Waals surface area contributed by atoms with Gasteiger partial charge in [-0.2, -0.15) is 12.8 Å². The van der Waals surface area contributed by atoms with Crippen molar-refractivity contribution in [3.63, 3.8) is 0 Å². The Hall–Kier alpha value is -3.80. The molecule has 1 aliphatic heterocycles. The molecule has 0 saturated carbocycles. The van der Waals surface area contributed by atoms with Crippen molar-refractivity contribution in [3.05, 3.63) is 76.0 Å². The van der Waals surface area contributed by atoms with E-state index in [1.54, 1.807) is 24.3 Å². The fourth-order valence-electron chi connectivity index (χ4n) is 3.33.